The van der Waals surface area contributed by atoms with Crippen LogP contribution in [0.2, 0.25) is 0 Å². The number of nitrogens with one attached hydrogen (secondary N) is 1. The number of sulfonamides is 1. The molecule has 0 radical (unpaired) electrons. The lowest BCUT2D eigenvalue weighted by atomic mass is 9.81. The van der Waals surface area contributed by atoms with Gasteiger partial charge in [0, 0.05) is 18.7 Å². The van der Waals surface area contributed by atoms with E-state index in [-0.39, 0.29) is 35.8 Å². The molecule has 1 aromatic carbocycles. The highest BCUT2D eigenvalue weighted by molar-refractivity contribution is 7.89. The summed E-state index contributed by atoms with van der Waals surface area (Å²) in [6, 6.07) is 5.63. The van der Waals surface area contributed by atoms with E-state index in [9.17, 15) is 23.1 Å². The molecule has 0 bridgehead atoms. The Balaban J connectivity index is 1.75. The second kappa shape index (κ2) is 8.41. The van der Waals surface area contributed by atoms with Crippen LogP contribution in [0.4, 0.5) is 0 Å². The lowest BCUT2D eigenvalue weighted by molar-refractivity contribution is -0.145. The molecule has 2 aliphatic rings. The lowest BCUT2D eigenvalue weighted by Gasteiger charge is -2.34. The normalized spacial score (nSPS) is 25.3. The highest BCUT2D eigenvalue weighted by atomic mass is 32.2. The molecular weight excluding hydrogens is 396 g/mol. The fourth-order valence-corrected chi connectivity index (χ4v) is 5.68. The third kappa shape index (κ3) is 4.62. The minimum absolute atomic E-state index is 0.0981. The summed E-state index contributed by atoms with van der Waals surface area (Å²) >= 11 is 0. The molecule has 3 rings (SSSR count). The van der Waals surface area contributed by atoms with Gasteiger partial charge in [-0.2, -0.15) is 4.31 Å². The van der Waals surface area contributed by atoms with Crippen molar-refractivity contribution in [1.82, 2.24) is 9.62 Å². The van der Waals surface area contributed by atoms with E-state index in [0.29, 0.717) is 12.8 Å². The predicted molar refractivity (Wildman–Crippen MR) is 106 cm³/mol. The molecule has 29 heavy (non-hydrogen) atoms. The van der Waals surface area contributed by atoms with Crippen molar-refractivity contribution in [3.05, 3.63) is 29.8 Å². The van der Waals surface area contributed by atoms with Gasteiger partial charge in [-0.25, -0.2) is 13.2 Å². The fourth-order valence-electron chi connectivity index (χ4n) is 4.09. The summed E-state index contributed by atoms with van der Waals surface area (Å²) in [5.41, 5.74) is -1.01. The Labute approximate surface area is 171 Å². The van der Waals surface area contributed by atoms with Gasteiger partial charge in [0.1, 0.15) is 5.54 Å². The van der Waals surface area contributed by atoms with E-state index in [1.165, 1.54) is 28.6 Å². The Morgan fingerprint density at radius 2 is 1.62 bits per heavy atom. The molecule has 0 unspecified atom stereocenters. The van der Waals surface area contributed by atoms with E-state index in [4.69, 9.17) is 4.74 Å². The van der Waals surface area contributed by atoms with Crippen LogP contribution in [-0.2, 0) is 19.6 Å². The minimum Gasteiger partial charge on any atom is -0.480 e. The molecule has 2 N–H and O–H groups in total. The number of carbonyl (C=O) groups excluding carboxylic acids is 1. The van der Waals surface area contributed by atoms with Crippen LogP contribution >= 0.6 is 0 Å². The Morgan fingerprint density at radius 3 is 2.14 bits per heavy atom. The number of carboxylic acids is 1. The van der Waals surface area contributed by atoms with Crippen molar-refractivity contribution in [3.8, 4) is 0 Å². The smallest absolute Gasteiger partial charge is 0.329 e. The topological polar surface area (TPSA) is 113 Å². The number of rotatable bonds is 5. The summed E-state index contributed by atoms with van der Waals surface area (Å²) in [5, 5.41) is 12.3. The quantitative estimate of drug-likeness (QED) is 0.748. The van der Waals surface area contributed by atoms with Gasteiger partial charge in [-0.1, -0.05) is 19.3 Å². The number of nitrogens with zero attached hydrogens (tertiary/aromatic N) is 1. The Hall–Kier alpha value is -1.97. The van der Waals surface area contributed by atoms with E-state index in [1.54, 1.807) is 0 Å². The van der Waals surface area contributed by atoms with Crippen LogP contribution in [0.3, 0.4) is 0 Å². The van der Waals surface area contributed by atoms with Gasteiger partial charge < -0.3 is 15.2 Å². The molecule has 0 aromatic heterocycles. The maximum absolute atomic E-state index is 12.9. The van der Waals surface area contributed by atoms with Crippen LogP contribution in [0, 0.1) is 0 Å². The molecule has 2 fully saturated rings. The summed E-state index contributed by atoms with van der Waals surface area (Å²) in [6.45, 7) is 4.20. The highest BCUT2D eigenvalue weighted by Crippen LogP contribution is 2.29. The molecule has 1 saturated heterocycles. The lowest BCUT2D eigenvalue weighted by Crippen LogP contribution is -2.55. The van der Waals surface area contributed by atoms with Gasteiger partial charge in [0.05, 0.1) is 17.1 Å². The Bertz CT molecular complexity index is 851. The van der Waals surface area contributed by atoms with Gasteiger partial charge in [0.15, 0.2) is 0 Å². The van der Waals surface area contributed by atoms with E-state index in [1.807, 2.05) is 13.8 Å². The number of morpholine rings is 1. The van der Waals surface area contributed by atoms with Crippen molar-refractivity contribution in [3.63, 3.8) is 0 Å². The molecule has 1 aromatic rings. The van der Waals surface area contributed by atoms with E-state index in [2.05, 4.69) is 5.32 Å². The van der Waals surface area contributed by atoms with Crippen LogP contribution in [0.15, 0.2) is 29.2 Å². The number of aliphatic carboxylic acids is 1. The summed E-state index contributed by atoms with van der Waals surface area (Å²) < 4.78 is 32.8. The zero-order valence-corrected chi connectivity index (χ0v) is 17.6. The maximum Gasteiger partial charge on any atom is 0.329 e. The summed E-state index contributed by atoms with van der Waals surface area (Å²) in [7, 11) is -3.70. The first kappa shape index (κ1) is 21.7. The molecule has 160 valence electrons. The van der Waals surface area contributed by atoms with Gasteiger partial charge in [0.2, 0.25) is 10.0 Å². The van der Waals surface area contributed by atoms with E-state index >= 15 is 0 Å². The van der Waals surface area contributed by atoms with Crippen molar-refractivity contribution in [1.29, 1.82) is 0 Å². The third-order valence-electron chi connectivity index (χ3n) is 5.61. The molecule has 9 heteroatoms. The van der Waals surface area contributed by atoms with Crippen molar-refractivity contribution >= 4 is 21.9 Å². The average Bonchev–Trinajstić information content (AvgIpc) is 2.68. The second-order valence-corrected chi connectivity index (χ2v) is 9.94. The predicted octanol–water partition coefficient (Wildman–Crippen LogP) is 2.00. The van der Waals surface area contributed by atoms with Crippen LogP contribution in [0.25, 0.3) is 0 Å². The Morgan fingerprint density at radius 1 is 1.07 bits per heavy atom. The van der Waals surface area contributed by atoms with Crippen LogP contribution in [0.5, 0.6) is 0 Å². The SMILES string of the molecule is C[C@H]1CN(S(=O)(=O)c2ccc(C(=O)NC3(C(=O)O)CCCCC3)cc2)C[C@H](C)O1. The molecule has 1 amide bonds. The molecular formula is C20H28N2O6S. The largest absolute Gasteiger partial charge is 0.480 e. The first-order valence-electron chi connectivity index (χ1n) is 9.96. The van der Waals surface area contributed by atoms with Crippen molar-refractivity contribution in [2.24, 2.45) is 0 Å². The zero-order valence-electron chi connectivity index (χ0n) is 16.8. The molecule has 1 saturated carbocycles. The van der Waals surface area contributed by atoms with Crippen molar-refractivity contribution < 1.29 is 27.9 Å². The number of carboxylic acid groups (broad SMARTS) is 1. The summed E-state index contributed by atoms with van der Waals surface area (Å²) in [6.07, 6.45) is 2.86. The number of hydrogen-bond acceptors (Lipinski definition) is 5. The monoisotopic (exact) mass is 424 g/mol. The fraction of sp³-hybridized carbons (Fsp3) is 0.600. The van der Waals surface area contributed by atoms with Crippen LogP contribution in [-0.4, -0.2) is 60.5 Å². The number of amides is 1. The molecule has 0 spiro atoms. The zero-order chi connectivity index (χ0) is 21.2. The van der Waals surface area contributed by atoms with Crippen LogP contribution in [0.1, 0.15) is 56.3 Å². The molecule has 1 aliphatic carbocycles. The van der Waals surface area contributed by atoms with Gasteiger partial charge in [-0.15, -0.1) is 0 Å². The van der Waals surface area contributed by atoms with E-state index < -0.39 is 27.4 Å². The van der Waals surface area contributed by atoms with E-state index in [0.717, 1.165) is 19.3 Å². The second-order valence-electron chi connectivity index (χ2n) is 8.01. The number of carbonyl (C=O) groups is 2. The summed E-state index contributed by atoms with van der Waals surface area (Å²) in [4.78, 5) is 24.5. The average molecular weight is 425 g/mol. The van der Waals surface area contributed by atoms with Gasteiger partial charge in [-0.3, -0.25) is 4.79 Å². The molecule has 8 nitrogen and oxygen atoms in total. The molecule has 1 heterocycles. The van der Waals surface area contributed by atoms with Crippen LogP contribution < -0.4 is 5.32 Å². The number of hydrogen-bond donors (Lipinski definition) is 2. The molecule has 2 atom stereocenters. The Kier molecular flexibility index (Phi) is 6.30. The summed E-state index contributed by atoms with van der Waals surface area (Å²) in [5.74, 6) is -1.54. The van der Waals surface area contributed by atoms with Gasteiger partial charge in [0.25, 0.3) is 5.91 Å². The highest BCUT2D eigenvalue weighted by Gasteiger charge is 2.41. The standard InChI is InChI=1S/C20H28N2O6S/c1-14-12-22(13-15(2)28-14)29(26,27)17-8-6-16(7-9-17)18(23)21-20(19(24)25)10-4-3-5-11-20/h6-9,14-15H,3-5,10-13H2,1-2H3,(H,21,23)(H,24,25)/t14-,15-/m0/s1. The van der Waals surface area contributed by atoms with Gasteiger partial charge in [-0.05, 0) is 51.0 Å². The van der Waals surface area contributed by atoms with Crippen molar-refractivity contribution in [2.75, 3.05) is 13.1 Å². The van der Waals surface area contributed by atoms with Gasteiger partial charge >= 0.3 is 5.97 Å². The first-order chi connectivity index (χ1) is 13.6. The molecule has 1 aliphatic heterocycles. The minimum atomic E-state index is -3.70. The third-order valence-corrected chi connectivity index (χ3v) is 7.46. The number of ether oxygens (including phenoxy) is 1. The number of benzene rings is 1. The first-order valence-corrected chi connectivity index (χ1v) is 11.4. The maximum atomic E-state index is 12.9. The van der Waals surface area contributed by atoms with Crippen molar-refractivity contribution in [2.45, 2.75) is 68.6 Å².